The Hall–Kier alpha value is -2.67. The van der Waals surface area contributed by atoms with Crippen molar-refractivity contribution >= 4 is 16.7 Å². The maximum atomic E-state index is 11.9. The molecule has 4 rings (SSSR count). The van der Waals surface area contributed by atoms with Gasteiger partial charge < -0.3 is 15.2 Å². The van der Waals surface area contributed by atoms with E-state index in [-0.39, 0.29) is 5.56 Å². The fourth-order valence-corrected chi connectivity index (χ4v) is 3.26. The summed E-state index contributed by atoms with van der Waals surface area (Å²) in [7, 11) is 0. The molecule has 2 aromatic heterocycles. The number of H-pyrrole nitrogens is 2. The first-order valence-corrected chi connectivity index (χ1v) is 8.23. The second kappa shape index (κ2) is 6.45. The number of nitrogens with one attached hydrogen (secondary N) is 3. The summed E-state index contributed by atoms with van der Waals surface area (Å²) in [5.74, 6) is 0.517. The fraction of sp³-hybridized carbons (Fsp3) is 0.353. The van der Waals surface area contributed by atoms with Gasteiger partial charge >= 0.3 is 0 Å². The average Bonchev–Trinajstić information content (AvgIpc) is 3.08. The van der Waals surface area contributed by atoms with Gasteiger partial charge in [0.15, 0.2) is 5.82 Å². The lowest BCUT2D eigenvalue weighted by molar-refractivity contribution is 0.419. The van der Waals surface area contributed by atoms with Crippen LogP contribution < -0.4 is 15.8 Å². The number of fused-ring (bicyclic) bond motifs is 1. The van der Waals surface area contributed by atoms with E-state index in [9.17, 15) is 4.79 Å². The third-order valence-electron chi connectivity index (χ3n) is 4.51. The van der Waals surface area contributed by atoms with Crippen molar-refractivity contribution in [1.82, 2.24) is 25.5 Å². The van der Waals surface area contributed by atoms with Gasteiger partial charge in [0.1, 0.15) is 0 Å². The van der Waals surface area contributed by atoms with Crippen molar-refractivity contribution in [2.24, 2.45) is 0 Å². The summed E-state index contributed by atoms with van der Waals surface area (Å²) in [6.07, 6.45) is 7.18. The summed E-state index contributed by atoms with van der Waals surface area (Å²) < 4.78 is 0. The Kier molecular flexibility index (Phi) is 4.00. The third kappa shape index (κ3) is 3.03. The minimum Gasteiger partial charge on any atom is -0.350 e. The number of aromatic amines is 2. The normalized spacial score (nSPS) is 18.2. The minimum atomic E-state index is -0.122. The zero-order valence-corrected chi connectivity index (χ0v) is 13.3. The van der Waals surface area contributed by atoms with E-state index in [4.69, 9.17) is 0 Å². The van der Waals surface area contributed by atoms with Crippen molar-refractivity contribution in [1.29, 1.82) is 0 Å². The lowest BCUT2D eigenvalue weighted by Gasteiger charge is -2.33. The molecule has 0 spiro atoms. The van der Waals surface area contributed by atoms with Crippen LogP contribution in [0.4, 0.5) is 5.82 Å². The molecule has 0 amide bonds. The lowest BCUT2D eigenvalue weighted by Crippen LogP contribution is -2.47. The van der Waals surface area contributed by atoms with Crippen molar-refractivity contribution in [3.63, 3.8) is 0 Å². The number of aromatic nitrogens is 4. The molecule has 1 aromatic carbocycles. The van der Waals surface area contributed by atoms with Crippen LogP contribution in [-0.2, 0) is 6.54 Å². The molecular formula is C17H20N6O. The first kappa shape index (κ1) is 14.9. The second-order valence-electron chi connectivity index (χ2n) is 6.20. The SMILES string of the molecule is O=c1[nH]ccnc1N1CCC[C@@H](NCc2ccc3cn[nH]c3c2)C1. The zero-order valence-electron chi connectivity index (χ0n) is 13.3. The predicted octanol–water partition coefficient (Wildman–Crippen LogP) is 1.40. The Labute approximate surface area is 139 Å². The third-order valence-corrected chi connectivity index (χ3v) is 4.51. The summed E-state index contributed by atoms with van der Waals surface area (Å²) in [5.41, 5.74) is 2.15. The maximum absolute atomic E-state index is 11.9. The Morgan fingerprint density at radius 2 is 2.33 bits per heavy atom. The number of hydrogen-bond acceptors (Lipinski definition) is 5. The Morgan fingerprint density at radius 1 is 1.38 bits per heavy atom. The van der Waals surface area contributed by atoms with Gasteiger partial charge in [-0.05, 0) is 24.5 Å². The molecular weight excluding hydrogens is 304 g/mol. The second-order valence-corrected chi connectivity index (χ2v) is 6.20. The Morgan fingerprint density at radius 3 is 3.25 bits per heavy atom. The Bertz CT molecular complexity index is 886. The number of rotatable bonds is 4. The molecule has 7 nitrogen and oxygen atoms in total. The van der Waals surface area contributed by atoms with E-state index in [0.29, 0.717) is 11.9 Å². The van der Waals surface area contributed by atoms with Crippen LogP contribution in [0, 0.1) is 0 Å². The molecule has 7 heteroatoms. The maximum Gasteiger partial charge on any atom is 0.290 e. The van der Waals surface area contributed by atoms with Crippen LogP contribution in [0.3, 0.4) is 0 Å². The highest BCUT2D eigenvalue weighted by Crippen LogP contribution is 2.16. The molecule has 3 N–H and O–H groups in total. The quantitative estimate of drug-likeness (QED) is 0.675. The number of piperidine rings is 1. The molecule has 1 aliphatic heterocycles. The molecule has 24 heavy (non-hydrogen) atoms. The molecule has 3 heterocycles. The monoisotopic (exact) mass is 324 g/mol. The van der Waals surface area contributed by atoms with E-state index in [1.54, 1.807) is 12.4 Å². The molecule has 0 radical (unpaired) electrons. The topological polar surface area (TPSA) is 89.7 Å². The molecule has 0 saturated carbocycles. The van der Waals surface area contributed by atoms with Gasteiger partial charge in [0.05, 0.1) is 11.7 Å². The van der Waals surface area contributed by atoms with Gasteiger partial charge in [0, 0.05) is 43.5 Å². The first-order valence-electron chi connectivity index (χ1n) is 8.23. The average molecular weight is 324 g/mol. The van der Waals surface area contributed by atoms with E-state index in [0.717, 1.165) is 43.4 Å². The fourth-order valence-electron chi connectivity index (χ4n) is 3.26. The van der Waals surface area contributed by atoms with Crippen LogP contribution in [0.25, 0.3) is 10.9 Å². The molecule has 124 valence electrons. The number of nitrogens with zero attached hydrogens (tertiary/aromatic N) is 3. The summed E-state index contributed by atoms with van der Waals surface area (Å²) in [6.45, 7) is 2.47. The van der Waals surface area contributed by atoms with Crippen LogP contribution in [0.1, 0.15) is 18.4 Å². The molecule has 1 atom stereocenters. The summed E-state index contributed by atoms with van der Waals surface area (Å²) in [5, 5.41) is 11.8. The molecule has 1 saturated heterocycles. The predicted molar refractivity (Wildman–Crippen MR) is 93.0 cm³/mol. The van der Waals surface area contributed by atoms with Crippen LogP contribution in [0.2, 0.25) is 0 Å². The smallest absolute Gasteiger partial charge is 0.290 e. The van der Waals surface area contributed by atoms with Crippen LogP contribution >= 0.6 is 0 Å². The van der Waals surface area contributed by atoms with E-state index < -0.39 is 0 Å². The van der Waals surface area contributed by atoms with Gasteiger partial charge in [0.25, 0.3) is 5.56 Å². The number of anilines is 1. The zero-order chi connectivity index (χ0) is 16.4. The molecule has 0 aliphatic carbocycles. The highest BCUT2D eigenvalue weighted by atomic mass is 16.1. The number of hydrogen-bond donors (Lipinski definition) is 3. The lowest BCUT2D eigenvalue weighted by atomic mass is 10.0. The van der Waals surface area contributed by atoms with Crippen molar-refractivity contribution < 1.29 is 0 Å². The summed E-state index contributed by atoms with van der Waals surface area (Å²) in [4.78, 5) is 20.9. The molecule has 3 aromatic rings. The largest absolute Gasteiger partial charge is 0.350 e. The van der Waals surface area contributed by atoms with Crippen molar-refractivity contribution in [2.45, 2.75) is 25.4 Å². The Balaban J connectivity index is 1.41. The van der Waals surface area contributed by atoms with E-state index >= 15 is 0 Å². The summed E-state index contributed by atoms with van der Waals surface area (Å²) >= 11 is 0. The van der Waals surface area contributed by atoms with Gasteiger partial charge in [-0.3, -0.25) is 9.89 Å². The molecule has 0 bridgehead atoms. The van der Waals surface area contributed by atoms with Crippen molar-refractivity contribution in [2.75, 3.05) is 18.0 Å². The van der Waals surface area contributed by atoms with E-state index in [1.165, 1.54) is 5.56 Å². The highest BCUT2D eigenvalue weighted by molar-refractivity contribution is 5.78. The van der Waals surface area contributed by atoms with Gasteiger partial charge in [-0.1, -0.05) is 12.1 Å². The highest BCUT2D eigenvalue weighted by Gasteiger charge is 2.22. The molecule has 0 unspecified atom stereocenters. The standard InChI is InChI=1S/C17H20N6O/c24-17-16(18-5-6-19-17)23-7-1-2-14(11-23)20-9-12-3-4-13-10-21-22-15(13)8-12/h3-6,8,10,14,20H,1-2,7,9,11H2,(H,19,24)(H,21,22)/t14-/m1/s1. The summed E-state index contributed by atoms with van der Waals surface area (Å²) in [6, 6.07) is 6.67. The van der Waals surface area contributed by atoms with Gasteiger partial charge in [-0.15, -0.1) is 0 Å². The van der Waals surface area contributed by atoms with Crippen molar-refractivity contribution in [3.05, 3.63) is 52.7 Å². The van der Waals surface area contributed by atoms with Crippen LogP contribution in [0.5, 0.6) is 0 Å². The van der Waals surface area contributed by atoms with E-state index in [2.05, 4.69) is 48.6 Å². The van der Waals surface area contributed by atoms with Crippen molar-refractivity contribution in [3.8, 4) is 0 Å². The molecule has 1 aliphatic rings. The van der Waals surface area contributed by atoms with Gasteiger partial charge in [-0.25, -0.2) is 4.98 Å². The van der Waals surface area contributed by atoms with Gasteiger partial charge in [-0.2, -0.15) is 5.10 Å². The van der Waals surface area contributed by atoms with Crippen LogP contribution in [-0.4, -0.2) is 39.3 Å². The van der Waals surface area contributed by atoms with Crippen LogP contribution in [0.15, 0.2) is 41.6 Å². The number of benzene rings is 1. The molecule has 1 fully saturated rings. The van der Waals surface area contributed by atoms with E-state index in [1.807, 2.05) is 6.20 Å². The van der Waals surface area contributed by atoms with Gasteiger partial charge in [0.2, 0.25) is 0 Å². The minimum absolute atomic E-state index is 0.122. The first-order chi connectivity index (χ1) is 11.8.